The van der Waals surface area contributed by atoms with Crippen molar-refractivity contribution in [3.63, 3.8) is 0 Å². The third-order valence-corrected chi connectivity index (χ3v) is 5.61. The molecule has 0 heterocycles. The number of ether oxygens (including phenoxy) is 2. The summed E-state index contributed by atoms with van der Waals surface area (Å²) in [5.41, 5.74) is 5.59. The van der Waals surface area contributed by atoms with E-state index in [0.29, 0.717) is 23.5 Å². The van der Waals surface area contributed by atoms with E-state index < -0.39 is 11.9 Å². The summed E-state index contributed by atoms with van der Waals surface area (Å²) in [5, 5.41) is 16.0. The van der Waals surface area contributed by atoms with Crippen LogP contribution in [0.25, 0.3) is 0 Å². The molecule has 2 amide bonds. The third-order valence-electron chi connectivity index (χ3n) is 5.61. The normalized spacial score (nSPS) is 11.6. The Labute approximate surface area is 223 Å². The minimum absolute atomic E-state index is 0.181. The van der Waals surface area contributed by atoms with E-state index in [1.54, 1.807) is 36.4 Å². The van der Waals surface area contributed by atoms with E-state index in [1.165, 1.54) is 6.21 Å². The van der Waals surface area contributed by atoms with Crippen LogP contribution in [0.3, 0.4) is 0 Å². The van der Waals surface area contributed by atoms with E-state index in [9.17, 15) is 14.9 Å². The molecule has 1 atom stereocenters. The van der Waals surface area contributed by atoms with E-state index in [-0.39, 0.29) is 25.0 Å². The maximum absolute atomic E-state index is 12.7. The third kappa shape index (κ3) is 8.79. The molecule has 3 aromatic rings. The summed E-state index contributed by atoms with van der Waals surface area (Å²) in [4.78, 5) is 25.2. The van der Waals surface area contributed by atoms with Crippen molar-refractivity contribution in [1.82, 2.24) is 10.7 Å². The van der Waals surface area contributed by atoms with Crippen molar-refractivity contribution < 1.29 is 19.1 Å². The Hall–Kier alpha value is -4.64. The Kier molecular flexibility index (Phi) is 10.4. The SMILES string of the molecule is Cc1ccccc1OCC(=O)N[C@H](CC(C)C)C(=O)N/N=C\c1ccc(OCc2ccccc2C#N)cc1. The molecule has 0 aliphatic rings. The zero-order chi connectivity index (χ0) is 27.3. The Morgan fingerprint density at radius 1 is 1.00 bits per heavy atom. The van der Waals surface area contributed by atoms with Crippen molar-refractivity contribution in [3.8, 4) is 17.6 Å². The first-order valence-corrected chi connectivity index (χ1v) is 12.4. The Morgan fingerprint density at radius 2 is 1.71 bits per heavy atom. The molecule has 8 nitrogen and oxygen atoms in total. The van der Waals surface area contributed by atoms with Crippen LogP contribution >= 0.6 is 0 Å². The molecule has 0 saturated heterocycles. The predicted molar refractivity (Wildman–Crippen MR) is 146 cm³/mol. The van der Waals surface area contributed by atoms with Gasteiger partial charge in [-0.05, 0) is 66.8 Å². The highest BCUT2D eigenvalue weighted by atomic mass is 16.5. The number of nitrogens with one attached hydrogen (secondary N) is 2. The van der Waals surface area contributed by atoms with Gasteiger partial charge < -0.3 is 14.8 Å². The molecular weight excluding hydrogens is 480 g/mol. The topological polar surface area (TPSA) is 113 Å². The Balaban J connectivity index is 1.50. The van der Waals surface area contributed by atoms with Crippen LogP contribution < -0.4 is 20.2 Å². The van der Waals surface area contributed by atoms with Crippen molar-refractivity contribution >= 4 is 18.0 Å². The van der Waals surface area contributed by atoms with Crippen molar-refractivity contribution in [2.75, 3.05) is 6.61 Å². The molecule has 38 heavy (non-hydrogen) atoms. The lowest BCUT2D eigenvalue weighted by Gasteiger charge is -2.19. The van der Waals surface area contributed by atoms with Gasteiger partial charge in [0.1, 0.15) is 24.1 Å². The van der Waals surface area contributed by atoms with E-state index in [0.717, 1.165) is 16.7 Å². The summed E-state index contributed by atoms with van der Waals surface area (Å²) in [6.07, 6.45) is 1.97. The second kappa shape index (κ2) is 14.2. The average molecular weight is 513 g/mol. The molecule has 0 fully saturated rings. The lowest BCUT2D eigenvalue weighted by molar-refractivity contribution is -0.130. The first-order valence-electron chi connectivity index (χ1n) is 12.4. The minimum Gasteiger partial charge on any atom is -0.489 e. The molecule has 0 aromatic heterocycles. The maximum atomic E-state index is 12.7. The number of hydrogen-bond acceptors (Lipinski definition) is 6. The quantitative estimate of drug-likeness (QED) is 0.274. The summed E-state index contributed by atoms with van der Waals surface area (Å²) in [5.74, 6) is 0.661. The van der Waals surface area contributed by atoms with Crippen LogP contribution in [0.2, 0.25) is 0 Å². The lowest BCUT2D eigenvalue weighted by atomic mass is 10.0. The van der Waals surface area contributed by atoms with Crippen LogP contribution in [0.5, 0.6) is 11.5 Å². The summed E-state index contributed by atoms with van der Waals surface area (Å²) < 4.78 is 11.4. The molecule has 0 spiro atoms. The molecule has 0 unspecified atom stereocenters. The number of amides is 2. The minimum atomic E-state index is -0.743. The molecule has 0 radical (unpaired) electrons. The number of para-hydroxylation sites is 1. The second-order valence-corrected chi connectivity index (χ2v) is 9.16. The van der Waals surface area contributed by atoms with Crippen molar-refractivity contribution in [1.29, 1.82) is 5.26 Å². The molecule has 0 aliphatic heterocycles. The highest BCUT2D eigenvalue weighted by molar-refractivity contribution is 5.89. The second-order valence-electron chi connectivity index (χ2n) is 9.16. The van der Waals surface area contributed by atoms with Gasteiger partial charge in [0, 0.05) is 5.56 Å². The number of benzene rings is 3. The molecule has 196 valence electrons. The number of nitriles is 1. The summed E-state index contributed by atoms with van der Waals surface area (Å²) in [6, 6.07) is 23.3. The number of aryl methyl sites for hydroxylation is 1. The molecule has 0 saturated carbocycles. The Bertz CT molecular complexity index is 1300. The molecule has 3 rings (SSSR count). The molecule has 2 N–H and O–H groups in total. The molecule has 0 aliphatic carbocycles. The number of hydrazone groups is 1. The highest BCUT2D eigenvalue weighted by Crippen LogP contribution is 2.17. The summed E-state index contributed by atoms with van der Waals surface area (Å²) in [6.45, 7) is 5.94. The van der Waals surface area contributed by atoms with Gasteiger partial charge >= 0.3 is 0 Å². The van der Waals surface area contributed by atoms with Gasteiger partial charge in [-0.25, -0.2) is 5.43 Å². The number of nitrogens with zero attached hydrogens (tertiary/aromatic N) is 2. The van der Waals surface area contributed by atoms with Crippen molar-refractivity contribution in [2.45, 2.75) is 39.8 Å². The maximum Gasteiger partial charge on any atom is 0.262 e. The van der Waals surface area contributed by atoms with Crippen molar-refractivity contribution in [3.05, 3.63) is 95.1 Å². The van der Waals surface area contributed by atoms with Crippen LogP contribution in [0, 0.1) is 24.2 Å². The largest absolute Gasteiger partial charge is 0.489 e. The van der Waals surface area contributed by atoms with Gasteiger partial charge in [-0.3, -0.25) is 9.59 Å². The first-order chi connectivity index (χ1) is 18.4. The van der Waals surface area contributed by atoms with Gasteiger partial charge in [0.25, 0.3) is 11.8 Å². The van der Waals surface area contributed by atoms with E-state index in [4.69, 9.17) is 9.47 Å². The number of carbonyl (C=O) groups is 2. The van der Waals surface area contributed by atoms with Gasteiger partial charge in [-0.15, -0.1) is 0 Å². The lowest BCUT2D eigenvalue weighted by Crippen LogP contribution is -2.47. The average Bonchev–Trinajstić information content (AvgIpc) is 2.91. The van der Waals surface area contributed by atoms with E-state index in [2.05, 4.69) is 21.9 Å². The Morgan fingerprint density at radius 3 is 2.42 bits per heavy atom. The predicted octanol–water partition coefficient (Wildman–Crippen LogP) is 4.51. The van der Waals surface area contributed by atoms with Crippen molar-refractivity contribution in [2.24, 2.45) is 11.0 Å². The molecule has 0 bridgehead atoms. The van der Waals surface area contributed by atoms with Crippen LogP contribution in [-0.2, 0) is 16.2 Å². The summed E-state index contributed by atoms with van der Waals surface area (Å²) >= 11 is 0. The smallest absolute Gasteiger partial charge is 0.262 e. The van der Waals surface area contributed by atoms with Crippen LogP contribution in [0.15, 0.2) is 77.9 Å². The van der Waals surface area contributed by atoms with Gasteiger partial charge in [0.05, 0.1) is 17.8 Å². The van der Waals surface area contributed by atoms with Crippen LogP contribution in [0.1, 0.15) is 42.5 Å². The highest BCUT2D eigenvalue weighted by Gasteiger charge is 2.22. The van der Waals surface area contributed by atoms with Crippen LogP contribution in [0.4, 0.5) is 0 Å². The zero-order valence-corrected chi connectivity index (χ0v) is 21.8. The van der Waals surface area contributed by atoms with E-state index >= 15 is 0 Å². The van der Waals surface area contributed by atoms with Gasteiger partial charge in [-0.2, -0.15) is 10.4 Å². The number of rotatable bonds is 12. The molecule has 3 aromatic carbocycles. The first kappa shape index (κ1) is 27.9. The fourth-order valence-electron chi connectivity index (χ4n) is 3.62. The van der Waals surface area contributed by atoms with Crippen LogP contribution in [-0.4, -0.2) is 30.7 Å². The monoisotopic (exact) mass is 512 g/mol. The van der Waals surface area contributed by atoms with E-state index in [1.807, 2.05) is 57.2 Å². The molecular formula is C30H32N4O4. The van der Waals surface area contributed by atoms with Gasteiger partial charge in [-0.1, -0.05) is 50.2 Å². The molecule has 8 heteroatoms. The van der Waals surface area contributed by atoms with Gasteiger partial charge in [0.2, 0.25) is 0 Å². The fourth-order valence-corrected chi connectivity index (χ4v) is 3.62. The number of hydrogen-bond donors (Lipinski definition) is 2. The zero-order valence-electron chi connectivity index (χ0n) is 21.8. The summed E-state index contributed by atoms with van der Waals surface area (Å²) in [7, 11) is 0. The number of carbonyl (C=O) groups excluding carboxylic acids is 2. The van der Waals surface area contributed by atoms with Gasteiger partial charge in [0.15, 0.2) is 6.61 Å². The fraction of sp³-hybridized carbons (Fsp3) is 0.267. The standard InChI is InChI=1S/C30H32N4O4/c1-21(2)16-27(33-29(35)20-38-28-11-7-4-8-22(28)3)30(36)34-32-18-23-12-14-26(15-13-23)37-19-25-10-6-5-9-24(25)17-31/h4-15,18,21,27H,16,19-20H2,1-3H3,(H,33,35)(H,34,36)/b32-18-/t27-/m1/s1.